The van der Waals surface area contributed by atoms with Gasteiger partial charge in [-0.2, -0.15) is 0 Å². The minimum atomic E-state index is 0.526. The Hall–Kier alpha value is -2.16. The molecule has 0 fully saturated rings. The van der Waals surface area contributed by atoms with Gasteiger partial charge in [-0.25, -0.2) is 0 Å². The highest BCUT2D eigenvalue weighted by atomic mass is 16.5. The van der Waals surface area contributed by atoms with E-state index in [1.165, 1.54) is 22.3 Å². The number of nitrogen functional groups attached to an aromatic ring is 1. The first kappa shape index (κ1) is 14.3. The quantitative estimate of drug-likeness (QED) is 0.861. The van der Waals surface area contributed by atoms with E-state index in [4.69, 9.17) is 15.2 Å². The van der Waals surface area contributed by atoms with Crippen LogP contribution in [0.3, 0.4) is 0 Å². The minimum absolute atomic E-state index is 0.526. The van der Waals surface area contributed by atoms with Gasteiger partial charge in [-0.1, -0.05) is 17.7 Å². The molecule has 3 heteroatoms. The summed E-state index contributed by atoms with van der Waals surface area (Å²) in [4.78, 5) is 0. The van der Waals surface area contributed by atoms with Gasteiger partial charge >= 0.3 is 0 Å². The van der Waals surface area contributed by atoms with Crippen molar-refractivity contribution in [3.63, 3.8) is 0 Å². The van der Waals surface area contributed by atoms with Crippen LogP contribution in [0.2, 0.25) is 0 Å². The second-order valence-corrected chi connectivity index (χ2v) is 5.08. The van der Waals surface area contributed by atoms with Gasteiger partial charge in [0.05, 0.1) is 7.11 Å². The molecule has 0 saturated heterocycles. The van der Waals surface area contributed by atoms with Crippen LogP contribution in [0.15, 0.2) is 30.3 Å². The summed E-state index contributed by atoms with van der Waals surface area (Å²) >= 11 is 0. The molecule has 0 bridgehead atoms. The Morgan fingerprint density at radius 3 is 2.20 bits per heavy atom. The van der Waals surface area contributed by atoms with Gasteiger partial charge in [0.15, 0.2) is 11.5 Å². The Bertz CT molecular complexity index is 597. The maximum Gasteiger partial charge on any atom is 0.162 e. The van der Waals surface area contributed by atoms with Gasteiger partial charge in [-0.05, 0) is 49.6 Å². The van der Waals surface area contributed by atoms with Gasteiger partial charge in [0.2, 0.25) is 0 Å². The van der Waals surface area contributed by atoms with Crippen LogP contribution in [-0.2, 0) is 6.61 Å². The van der Waals surface area contributed by atoms with E-state index in [9.17, 15) is 0 Å². The zero-order valence-electron chi connectivity index (χ0n) is 12.5. The maximum atomic E-state index is 5.89. The molecular formula is C17H21NO2. The van der Waals surface area contributed by atoms with Crippen molar-refractivity contribution in [2.24, 2.45) is 0 Å². The first-order valence-electron chi connectivity index (χ1n) is 6.64. The Balaban J connectivity index is 2.21. The Labute approximate surface area is 120 Å². The molecule has 0 unspecified atom stereocenters. The van der Waals surface area contributed by atoms with Crippen LogP contribution in [0.25, 0.3) is 0 Å². The van der Waals surface area contributed by atoms with Crippen molar-refractivity contribution < 1.29 is 9.47 Å². The number of hydrogen-bond acceptors (Lipinski definition) is 3. The normalized spacial score (nSPS) is 10.4. The number of methoxy groups -OCH3 is 1. The lowest BCUT2D eigenvalue weighted by molar-refractivity contribution is 0.283. The summed E-state index contributed by atoms with van der Waals surface area (Å²) in [6, 6.07) is 9.77. The first-order chi connectivity index (χ1) is 9.51. The molecule has 0 radical (unpaired) electrons. The monoisotopic (exact) mass is 271 g/mol. The van der Waals surface area contributed by atoms with Crippen LogP contribution in [0.5, 0.6) is 11.5 Å². The zero-order chi connectivity index (χ0) is 14.7. The third-order valence-corrected chi connectivity index (χ3v) is 3.40. The van der Waals surface area contributed by atoms with Crippen molar-refractivity contribution in [1.29, 1.82) is 0 Å². The number of nitrogens with two attached hydrogens (primary N) is 1. The molecule has 0 aliphatic carbocycles. The van der Waals surface area contributed by atoms with Crippen molar-refractivity contribution in [2.75, 3.05) is 12.8 Å². The number of aryl methyl sites for hydroxylation is 3. The van der Waals surface area contributed by atoms with Crippen LogP contribution in [-0.4, -0.2) is 7.11 Å². The Kier molecular flexibility index (Phi) is 4.18. The smallest absolute Gasteiger partial charge is 0.162 e. The van der Waals surface area contributed by atoms with Crippen molar-refractivity contribution >= 4 is 5.69 Å². The molecule has 0 heterocycles. The van der Waals surface area contributed by atoms with Crippen LogP contribution >= 0.6 is 0 Å². The zero-order valence-corrected chi connectivity index (χ0v) is 12.5. The summed E-state index contributed by atoms with van der Waals surface area (Å²) in [6.07, 6.45) is 0. The minimum Gasteiger partial charge on any atom is -0.493 e. The highest BCUT2D eigenvalue weighted by Gasteiger charge is 2.08. The molecule has 2 aromatic rings. The van der Waals surface area contributed by atoms with Gasteiger partial charge < -0.3 is 15.2 Å². The lowest BCUT2D eigenvalue weighted by Gasteiger charge is -2.15. The molecule has 2 rings (SSSR count). The predicted molar refractivity (Wildman–Crippen MR) is 82.4 cm³/mol. The third kappa shape index (κ3) is 3.05. The van der Waals surface area contributed by atoms with Crippen LogP contribution in [0.1, 0.15) is 22.3 Å². The van der Waals surface area contributed by atoms with E-state index < -0.39 is 0 Å². The first-order valence-corrected chi connectivity index (χ1v) is 6.64. The summed E-state index contributed by atoms with van der Waals surface area (Å²) < 4.78 is 11.2. The molecule has 3 nitrogen and oxygen atoms in total. The highest BCUT2D eigenvalue weighted by molar-refractivity contribution is 5.52. The fourth-order valence-corrected chi connectivity index (χ4v) is 2.39. The average Bonchev–Trinajstić information content (AvgIpc) is 2.38. The van der Waals surface area contributed by atoms with Gasteiger partial charge in [0, 0.05) is 11.8 Å². The molecule has 0 aliphatic rings. The largest absolute Gasteiger partial charge is 0.493 e. The van der Waals surface area contributed by atoms with E-state index in [0.717, 1.165) is 0 Å². The SMILES string of the molecule is COc1cc(N)ccc1OCc1c(C)cc(C)cc1C. The van der Waals surface area contributed by atoms with Crippen LogP contribution < -0.4 is 15.2 Å². The summed E-state index contributed by atoms with van der Waals surface area (Å²) in [7, 11) is 1.62. The summed E-state index contributed by atoms with van der Waals surface area (Å²) in [5, 5.41) is 0. The second-order valence-electron chi connectivity index (χ2n) is 5.08. The fraction of sp³-hybridized carbons (Fsp3) is 0.294. The van der Waals surface area contributed by atoms with Gasteiger partial charge in [-0.15, -0.1) is 0 Å². The predicted octanol–water partition coefficient (Wildman–Crippen LogP) is 3.78. The summed E-state index contributed by atoms with van der Waals surface area (Å²) in [5.41, 5.74) is 11.4. The Morgan fingerprint density at radius 1 is 0.950 bits per heavy atom. The molecule has 2 aromatic carbocycles. The number of ether oxygens (including phenoxy) is 2. The van der Waals surface area contributed by atoms with Crippen LogP contribution in [0, 0.1) is 20.8 Å². The lowest BCUT2D eigenvalue weighted by Crippen LogP contribution is -2.02. The Morgan fingerprint density at radius 2 is 1.60 bits per heavy atom. The van der Waals surface area contributed by atoms with Crippen molar-refractivity contribution in [3.8, 4) is 11.5 Å². The molecule has 2 N–H and O–H groups in total. The van der Waals surface area contributed by atoms with Gasteiger partial charge in [-0.3, -0.25) is 0 Å². The number of rotatable bonds is 4. The second kappa shape index (κ2) is 5.87. The molecule has 0 amide bonds. The van der Waals surface area contributed by atoms with E-state index in [1.54, 1.807) is 13.2 Å². The van der Waals surface area contributed by atoms with Crippen molar-refractivity contribution in [3.05, 3.63) is 52.6 Å². The molecule has 0 spiro atoms. The molecule has 20 heavy (non-hydrogen) atoms. The van der Waals surface area contributed by atoms with Crippen molar-refractivity contribution in [1.82, 2.24) is 0 Å². The van der Waals surface area contributed by atoms with E-state index in [2.05, 4.69) is 32.9 Å². The fourth-order valence-electron chi connectivity index (χ4n) is 2.39. The standard InChI is InChI=1S/C17H21NO2/c1-11-7-12(2)15(13(3)8-11)10-20-16-6-5-14(18)9-17(16)19-4/h5-9H,10,18H2,1-4H3. The van der Waals surface area contributed by atoms with E-state index in [-0.39, 0.29) is 0 Å². The topological polar surface area (TPSA) is 44.5 Å². The van der Waals surface area contributed by atoms with Crippen molar-refractivity contribution in [2.45, 2.75) is 27.4 Å². The van der Waals surface area contributed by atoms with E-state index in [0.29, 0.717) is 23.8 Å². The molecule has 106 valence electrons. The average molecular weight is 271 g/mol. The number of anilines is 1. The maximum absolute atomic E-state index is 5.89. The van der Waals surface area contributed by atoms with Crippen LogP contribution in [0.4, 0.5) is 5.69 Å². The molecule has 0 aromatic heterocycles. The van der Waals surface area contributed by atoms with Gasteiger partial charge in [0.1, 0.15) is 6.61 Å². The van der Waals surface area contributed by atoms with E-state index >= 15 is 0 Å². The summed E-state index contributed by atoms with van der Waals surface area (Å²) in [5.74, 6) is 1.37. The number of hydrogen-bond donors (Lipinski definition) is 1. The summed E-state index contributed by atoms with van der Waals surface area (Å²) in [6.45, 7) is 6.85. The number of benzene rings is 2. The molecule has 0 saturated carbocycles. The molecule has 0 atom stereocenters. The molecular weight excluding hydrogens is 250 g/mol. The highest BCUT2D eigenvalue weighted by Crippen LogP contribution is 2.30. The molecule has 0 aliphatic heterocycles. The lowest BCUT2D eigenvalue weighted by atomic mass is 10.0. The third-order valence-electron chi connectivity index (χ3n) is 3.40. The van der Waals surface area contributed by atoms with Gasteiger partial charge in [0.25, 0.3) is 0 Å². The van der Waals surface area contributed by atoms with E-state index in [1.807, 2.05) is 12.1 Å².